The Morgan fingerprint density at radius 2 is 1.86 bits per heavy atom. The predicted molar refractivity (Wildman–Crippen MR) is 61.2 cm³/mol. The Morgan fingerprint density at radius 1 is 1.36 bits per heavy atom. The molecule has 0 radical (unpaired) electrons. The summed E-state index contributed by atoms with van der Waals surface area (Å²) in [6, 6.07) is 4.17. The van der Waals surface area contributed by atoms with E-state index in [-0.39, 0.29) is 0 Å². The SMILES string of the molecule is C=C(Cl)Cc1cc(C)c(OC)c(C)c1. The lowest BCUT2D eigenvalue weighted by atomic mass is 10.0. The van der Waals surface area contributed by atoms with Crippen molar-refractivity contribution in [1.82, 2.24) is 0 Å². The van der Waals surface area contributed by atoms with E-state index in [1.54, 1.807) is 7.11 Å². The summed E-state index contributed by atoms with van der Waals surface area (Å²) in [4.78, 5) is 0. The minimum absolute atomic E-state index is 0.661. The highest BCUT2D eigenvalue weighted by molar-refractivity contribution is 6.29. The van der Waals surface area contributed by atoms with Gasteiger partial charge in [-0.05, 0) is 30.5 Å². The van der Waals surface area contributed by atoms with Crippen LogP contribution in [0.4, 0.5) is 0 Å². The number of halogens is 1. The zero-order valence-electron chi connectivity index (χ0n) is 8.86. The lowest BCUT2D eigenvalue weighted by molar-refractivity contribution is 0.408. The van der Waals surface area contributed by atoms with Crippen LogP contribution in [-0.4, -0.2) is 7.11 Å². The molecule has 14 heavy (non-hydrogen) atoms. The fraction of sp³-hybridized carbons (Fsp3) is 0.333. The number of aryl methyl sites for hydroxylation is 2. The number of ether oxygens (including phenoxy) is 1. The number of rotatable bonds is 3. The van der Waals surface area contributed by atoms with Crippen LogP contribution < -0.4 is 4.74 Å². The van der Waals surface area contributed by atoms with Crippen molar-refractivity contribution < 1.29 is 4.74 Å². The average Bonchev–Trinajstić information content (AvgIpc) is 2.01. The molecule has 0 fully saturated rings. The fourth-order valence-electron chi connectivity index (χ4n) is 1.69. The highest BCUT2D eigenvalue weighted by Crippen LogP contribution is 2.25. The smallest absolute Gasteiger partial charge is 0.124 e. The maximum atomic E-state index is 5.76. The second-order valence-electron chi connectivity index (χ2n) is 3.46. The van der Waals surface area contributed by atoms with Crippen molar-refractivity contribution in [2.45, 2.75) is 20.3 Å². The van der Waals surface area contributed by atoms with Crippen LogP contribution in [0.15, 0.2) is 23.7 Å². The molecule has 1 aromatic carbocycles. The van der Waals surface area contributed by atoms with Gasteiger partial charge in [-0.3, -0.25) is 0 Å². The highest BCUT2D eigenvalue weighted by Gasteiger charge is 2.05. The number of hydrogen-bond donors (Lipinski definition) is 0. The Morgan fingerprint density at radius 3 is 2.21 bits per heavy atom. The quantitative estimate of drug-likeness (QED) is 0.741. The summed E-state index contributed by atoms with van der Waals surface area (Å²) in [5.74, 6) is 0.953. The van der Waals surface area contributed by atoms with E-state index in [2.05, 4.69) is 18.7 Å². The number of benzene rings is 1. The molecule has 0 saturated carbocycles. The van der Waals surface area contributed by atoms with E-state index in [0.717, 1.165) is 16.9 Å². The van der Waals surface area contributed by atoms with Crippen LogP contribution in [0.5, 0.6) is 5.75 Å². The average molecular weight is 211 g/mol. The van der Waals surface area contributed by atoms with Crippen molar-refractivity contribution in [3.8, 4) is 5.75 Å². The van der Waals surface area contributed by atoms with Gasteiger partial charge in [-0.2, -0.15) is 0 Å². The van der Waals surface area contributed by atoms with Crippen LogP contribution in [0, 0.1) is 13.8 Å². The van der Waals surface area contributed by atoms with Crippen molar-refractivity contribution in [1.29, 1.82) is 0 Å². The lowest BCUT2D eigenvalue weighted by Crippen LogP contribution is -1.94. The van der Waals surface area contributed by atoms with Crippen LogP contribution in [0.2, 0.25) is 0 Å². The van der Waals surface area contributed by atoms with E-state index < -0.39 is 0 Å². The molecule has 0 amide bonds. The highest BCUT2D eigenvalue weighted by atomic mass is 35.5. The Labute approximate surface area is 90.3 Å². The normalized spacial score (nSPS) is 10.0. The Hall–Kier alpha value is -0.950. The molecule has 0 bridgehead atoms. The number of allylic oxidation sites excluding steroid dienone is 1. The first-order valence-electron chi connectivity index (χ1n) is 4.52. The molecule has 76 valence electrons. The van der Waals surface area contributed by atoms with Gasteiger partial charge in [0.2, 0.25) is 0 Å². The molecule has 0 aliphatic heterocycles. The molecule has 1 rings (SSSR count). The van der Waals surface area contributed by atoms with Crippen LogP contribution in [0.25, 0.3) is 0 Å². The Kier molecular flexibility index (Phi) is 3.59. The van der Waals surface area contributed by atoms with Crippen molar-refractivity contribution in [2.24, 2.45) is 0 Å². The van der Waals surface area contributed by atoms with Gasteiger partial charge in [-0.15, -0.1) is 0 Å². The molecule has 0 aromatic heterocycles. The maximum absolute atomic E-state index is 5.76. The van der Waals surface area contributed by atoms with Crippen LogP contribution in [-0.2, 0) is 6.42 Å². The lowest BCUT2D eigenvalue weighted by Gasteiger charge is -2.10. The van der Waals surface area contributed by atoms with Crippen LogP contribution in [0.1, 0.15) is 16.7 Å². The Balaban J connectivity index is 3.07. The van der Waals surface area contributed by atoms with Gasteiger partial charge in [-0.25, -0.2) is 0 Å². The second kappa shape index (κ2) is 4.52. The summed E-state index contributed by atoms with van der Waals surface area (Å²) in [5, 5.41) is 0.661. The molecule has 1 nitrogen and oxygen atoms in total. The zero-order valence-corrected chi connectivity index (χ0v) is 9.61. The third kappa shape index (κ3) is 2.52. The van der Waals surface area contributed by atoms with Gasteiger partial charge >= 0.3 is 0 Å². The Bertz CT molecular complexity index is 332. The molecule has 0 N–H and O–H groups in total. The molecule has 0 aliphatic carbocycles. The summed E-state index contributed by atoms with van der Waals surface area (Å²) >= 11 is 5.76. The van der Waals surface area contributed by atoms with E-state index in [1.807, 2.05) is 13.8 Å². The third-order valence-corrected chi connectivity index (χ3v) is 2.25. The van der Waals surface area contributed by atoms with Gasteiger partial charge < -0.3 is 4.74 Å². The number of methoxy groups -OCH3 is 1. The summed E-state index contributed by atoms with van der Waals surface area (Å²) in [6.45, 7) is 7.75. The van der Waals surface area contributed by atoms with E-state index in [1.165, 1.54) is 5.56 Å². The van der Waals surface area contributed by atoms with Crippen molar-refractivity contribution in [3.63, 3.8) is 0 Å². The molecule has 2 heteroatoms. The molecule has 1 aromatic rings. The minimum atomic E-state index is 0.661. The van der Waals surface area contributed by atoms with E-state index in [9.17, 15) is 0 Å². The first kappa shape index (κ1) is 11.1. The molecular weight excluding hydrogens is 196 g/mol. The van der Waals surface area contributed by atoms with Crippen molar-refractivity contribution >= 4 is 11.6 Å². The fourth-order valence-corrected chi connectivity index (χ4v) is 1.84. The molecule has 0 aliphatic rings. The van der Waals surface area contributed by atoms with Gasteiger partial charge in [-0.1, -0.05) is 30.3 Å². The van der Waals surface area contributed by atoms with Gasteiger partial charge in [0.25, 0.3) is 0 Å². The van der Waals surface area contributed by atoms with Crippen LogP contribution >= 0.6 is 11.6 Å². The van der Waals surface area contributed by atoms with Gasteiger partial charge in [0.15, 0.2) is 0 Å². The molecule has 0 atom stereocenters. The summed E-state index contributed by atoms with van der Waals surface area (Å²) in [7, 11) is 1.69. The third-order valence-electron chi connectivity index (χ3n) is 2.12. The number of hydrogen-bond acceptors (Lipinski definition) is 1. The molecule has 0 saturated heterocycles. The van der Waals surface area contributed by atoms with Gasteiger partial charge in [0, 0.05) is 11.5 Å². The predicted octanol–water partition coefficient (Wildman–Crippen LogP) is 3.61. The zero-order chi connectivity index (χ0) is 10.7. The summed E-state index contributed by atoms with van der Waals surface area (Å²) in [5.41, 5.74) is 3.46. The standard InChI is InChI=1S/C12H15ClO/c1-8-5-11(7-10(3)13)6-9(2)12(8)14-4/h5-6H,3,7H2,1-2,4H3. The largest absolute Gasteiger partial charge is 0.496 e. The molecule has 0 unspecified atom stereocenters. The van der Waals surface area contributed by atoms with Crippen molar-refractivity contribution in [3.05, 3.63) is 40.4 Å². The first-order valence-corrected chi connectivity index (χ1v) is 4.89. The molecule has 0 spiro atoms. The monoisotopic (exact) mass is 210 g/mol. The van der Waals surface area contributed by atoms with E-state index in [4.69, 9.17) is 16.3 Å². The van der Waals surface area contributed by atoms with Crippen LogP contribution in [0.3, 0.4) is 0 Å². The topological polar surface area (TPSA) is 9.23 Å². The van der Waals surface area contributed by atoms with Crippen molar-refractivity contribution in [2.75, 3.05) is 7.11 Å². The maximum Gasteiger partial charge on any atom is 0.124 e. The van der Waals surface area contributed by atoms with E-state index in [0.29, 0.717) is 11.5 Å². The molecule has 0 heterocycles. The van der Waals surface area contributed by atoms with Gasteiger partial charge in [0.1, 0.15) is 5.75 Å². The van der Waals surface area contributed by atoms with E-state index >= 15 is 0 Å². The second-order valence-corrected chi connectivity index (χ2v) is 3.99. The molecular formula is C12H15ClO. The summed E-state index contributed by atoms with van der Waals surface area (Å²) in [6.07, 6.45) is 0.716. The van der Waals surface area contributed by atoms with Gasteiger partial charge in [0.05, 0.1) is 7.11 Å². The minimum Gasteiger partial charge on any atom is -0.496 e. The summed E-state index contributed by atoms with van der Waals surface area (Å²) < 4.78 is 5.28. The first-order chi connectivity index (χ1) is 6.54.